The molecule has 5 heteroatoms. The van der Waals surface area contributed by atoms with Gasteiger partial charge in [0.1, 0.15) is 0 Å². The van der Waals surface area contributed by atoms with Crippen LogP contribution in [0, 0.1) is 6.92 Å². The van der Waals surface area contributed by atoms with Crippen LogP contribution in [0.5, 0.6) is 0 Å². The summed E-state index contributed by atoms with van der Waals surface area (Å²) in [6.45, 7) is 1.72. The second-order valence-electron chi connectivity index (χ2n) is 7.05. The summed E-state index contributed by atoms with van der Waals surface area (Å²) < 4.78 is 0. The fourth-order valence-corrected chi connectivity index (χ4v) is 4.00. The zero-order valence-corrected chi connectivity index (χ0v) is 17.2. The molecule has 0 saturated carbocycles. The lowest BCUT2D eigenvalue weighted by Gasteiger charge is -2.11. The minimum absolute atomic E-state index is 0.263. The minimum atomic E-state index is -0.431. The molecule has 0 spiro atoms. The van der Waals surface area contributed by atoms with Gasteiger partial charge in [0.2, 0.25) is 0 Å². The molecule has 0 atom stereocenters. The maximum absolute atomic E-state index is 12.7. The number of carbonyl (C=O) groups is 3. The maximum atomic E-state index is 12.7. The number of amides is 2. The molecule has 0 aliphatic carbocycles. The van der Waals surface area contributed by atoms with Crippen LogP contribution in [0.4, 0.5) is 4.79 Å². The summed E-state index contributed by atoms with van der Waals surface area (Å²) in [5.74, 6) is -0.701. The number of aryl methyl sites for hydroxylation is 1. The largest absolute Gasteiger partial charge is 0.293 e. The van der Waals surface area contributed by atoms with E-state index in [-0.39, 0.29) is 12.3 Å². The molecule has 3 aromatic carbocycles. The lowest BCUT2D eigenvalue weighted by atomic mass is 10.0. The van der Waals surface area contributed by atoms with Crippen LogP contribution in [-0.2, 0) is 4.79 Å². The van der Waals surface area contributed by atoms with Crippen LogP contribution in [0.1, 0.15) is 21.5 Å². The third kappa shape index (κ3) is 4.26. The molecule has 1 aliphatic rings. The van der Waals surface area contributed by atoms with Gasteiger partial charge in [-0.15, -0.1) is 0 Å². The van der Waals surface area contributed by atoms with E-state index < -0.39 is 11.1 Å². The van der Waals surface area contributed by atoms with Crippen LogP contribution in [0.2, 0.25) is 0 Å². The molecule has 0 N–H and O–H groups in total. The van der Waals surface area contributed by atoms with Gasteiger partial charge in [0.05, 0.1) is 11.4 Å². The third-order valence-electron chi connectivity index (χ3n) is 4.86. The molecule has 0 aromatic heterocycles. The van der Waals surface area contributed by atoms with Gasteiger partial charge >= 0.3 is 0 Å². The monoisotopic (exact) mass is 413 g/mol. The van der Waals surface area contributed by atoms with Crippen molar-refractivity contribution in [1.82, 2.24) is 4.90 Å². The van der Waals surface area contributed by atoms with E-state index in [4.69, 9.17) is 0 Å². The second-order valence-corrected chi connectivity index (χ2v) is 8.04. The zero-order chi connectivity index (χ0) is 21.1. The predicted molar refractivity (Wildman–Crippen MR) is 120 cm³/mol. The first-order valence-electron chi connectivity index (χ1n) is 9.52. The fraction of sp³-hybridized carbons (Fsp3) is 0.0800. The summed E-state index contributed by atoms with van der Waals surface area (Å²) in [5, 5.41) is -0.424. The first kappa shape index (κ1) is 19.9. The van der Waals surface area contributed by atoms with Crippen LogP contribution in [0.15, 0.2) is 83.8 Å². The lowest BCUT2D eigenvalue weighted by molar-refractivity contribution is -0.122. The average molecular weight is 413 g/mol. The van der Waals surface area contributed by atoms with Crippen LogP contribution < -0.4 is 0 Å². The minimum Gasteiger partial charge on any atom is -0.292 e. The number of benzene rings is 3. The topological polar surface area (TPSA) is 54.5 Å². The van der Waals surface area contributed by atoms with E-state index in [1.54, 1.807) is 18.2 Å². The Labute approximate surface area is 179 Å². The van der Waals surface area contributed by atoms with Crippen LogP contribution in [0.25, 0.3) is 17.2 Å². The van der Waals surface area contributed by atoms with E-state index in [9.17, 15) is 14.4 Å². The smallest absolute Gasteiger partial charge is 0.292 e. The molecule has 0 radical (unpaired) electrons. The van der Waals surface area contributed by atoms with E-state index in [1.807, 2.05) is 73.7 Å². The summed E-state index contributed by atoms with van der Waals surface area (Å²) in [4.78, 5) is 39.0. The SMILES string of the molecule is Cc1ccc(/C=C2/SC(=O)N(CC(=O)c3ccc(-c4ccccc4)cc3)C2=O)cc1. The van der Waals surface area contributed by atoms with Gasteiger partial charge in [-0.25, -0.2) is 0 Å². The van der Waals surface area contributed by atoms with Gasteiger partial charge in [0.25, 0.3) is 11.1 Å². The summed E-state index contributed by atoms with van der Waals surface area (Å²) in [6.07, 6.45) is 1.68. The van der Waals surface area contributed by atoms with Crippen LogP contribution in [-0.4, -0.2) is 28.4 Å². The molecule has 148 valence electrons. The number of rotatable bonds is 5. The Morgan fingerprint density at radius 3 is 2.17 bits per heavy atom. The molecule has 1 aliphatic heterocycles. The molecule has 30 heavy (non-hydrogen) atoms. The van der Waals surface area contributed by atoms with Crippen molar-refractivity contribution in [3.63, 3.8) is 0 Å². The number of imide groups is 1. The normalized spacial score (nSPS) is 15.1. The van der Waals surface area contributed by atoms with Crippen molar-refractivity contribution >= 4 is 34.8 Å². The standard InChI is InChI=1S/C25H19NO3S/c1-17-7-9-18(10-8-17)15-23-24(28)26(25(29)30-23)16-22(27)21-13-11-20(12-14-21)19-5-3-2-4-6-19/h2-15H,16H2,1H3/b23-15+. The Morgan fingerprint density at radius 2 is 1.50 bits per heavy atom. The number of ketones is 1. The first-order valence-corrected chi connectivity index (χ1v) is 10.3. The fourth-order valence-electron chi connectivity index (χ4n) is 3.16. The Morgan fingerprint density at radius 1 is 0.867 bits per heavy atom. The van der Waals surface area contributed by atoms with Crippen molar-refractivity contribution < 1.29 is 14.4 Å². The predicted octanol–water partition coefficient (Wildman–Crippen LogP) is 5.58. The molecule has 1 saturated heterocycles. The van der Waals surface area contributed by atoms with Crippen molar-refractivity contribution in [2.45, 2.75) is 6.92 Å². The zero-order valence-electron chi connectivity index (χ0n) is 16.4. The molecule has 0 bridgehead atoms. The lowest BCUT2D eigenvalue weighted by Crippen LogP contribution is -2.33. The number of hydrogen-bond donors (Lipinski definition) is 0. The van der Waals surface area contributed by atoms with Gasteiger partial charge in [-0.1, -0.05) is 84.4 Å². The molecular weight excluding hydrogens is 394 g/mol. The molecule has 1 heterocycles. The van der Waals surface area contributed by atoms with Crippen molar-refractivity contribution in [2.24, 2.45) is 0 Å². The molecule has 4 rings (SSSR count). The van der Waals surface area contributed by atoms with Crippen molar-refractivity contribution in [3.8, 4) is 11.1 Å². The van der Waals surface area contributed by atoms with Gasteiger partial charge in [0.15, 0.2) is 5.78 Å². The van der Waals surface area contributed by atoms with Crippen LogP contribution in [0.3, 0.4) is 0 Å². The van der Waals surface area contributed by atoms with Crippen molar-refractivity contribution in [3.05, 3.63) is 100 Å². The Kier molecular flexibility index (Phi) is 5.63. The quantitative estimate of drug-likeness (QED) is 0.405. The van der Waals surface area contributed by atoms with Crippen molar-refractivity contribution in [2.75, 3.05) is 6.54 Å². The molecule has 1 fully saturated rings. The highest BCUT2D eigenvalue weighted by atomic mass is 32.2. The maximum Gasteiger partial charge on any atom is 0.293 e. The highest BCUT2D eigenvalue weighted by Gasteiger charge is 2.36. The highest BCUT2D eigenvalue weighted by molar-refractivity contribution is 8.18. The van der Waals surface area contributed by atoms with Crippen LogP contribution >= 0.6 is 11.8 Å². The average Bonchev–Trinajstić information content (AvgIpc) is 3.03. The van der Waals surface area contributed by atoms with Gasteiger partial charge < -0.3 is 0 Å². The molecule has 0 unspecified atom stereocenters. The number of nitrogens with zero attached hydrogens (tertiary/aromatic N) is 1. The summed E-state index contributed by atoms with van der Waals surface area (Å²) >= 11 is 0.864. The summed E-state index contributed by atoms with van der Waals surface area (Å²) in [6, 6.07) is 24.7. The molecular formula is C25H19NO3S. The van der Waals surface area contributed by atoms with Gasteiger partial charge in [-0.2, -0.15) is 0 Å². The van der Waals surface area contributed by atoms with E-state index in [0.717, 1.165) is 38.9 Å². The van der Waals surface area contributed by atoms with Gasteiger partial charge in [0, 0.05) is 5.56 Å². The number of Topliss-reactive ketones (excluding diaryl/α,β-unsaturated/α-hetero) is 1. The summed E-state index contributed by atoms with van der Waals surface area (Å²) in [5.41, 5.74) is 4.48. The van der Waals surface area contributed by atoms with E-state index >= 15 is 0 Å². The highest BCUT2D eigenvalue weighted by Crippen LogP contribution is 2.32. The molecule has 4 nitrogen and oxygen atoms in total. The van der Waals surface area contributed by atoms with E-state index in [1.165, 1.54) is 0 Å². The number of carbonyl (C=O) groups excluding carboxylic acids is 3. The van der Waals surface area contributed by atoms with E-state index in [0.29, 0.717) is 10.5 Å². The number of hydrogen-bond acceptors (Lipinski definition) is 4. The second kappa shape index (κ2) is 8.51. The van der Waals surface area contributed by atoms with Crippen molar-refractivity contribution in [1.29, 1.82) is 0 Å². The Bertz CT molecular complexity index is 1130. The van der Waals surface area contributed by atoms with E-state index in [2.05, 4.69) is 0 Å². The molecule has 3 aromatic rings. The number of thioether (sulfide) groups is 1. The Hall–Kier alpha value is -3.44. The van der Waals surface area contributed by atoms with Gasteiger partial charge in [-0.3, -0.25) is 19.3 Å². The van der Waals surface area contributed by atoms with Gasteiger partial charge in [-0.05, 0) is 41.5 Å². The summed E-state index contributed by atoms with van der Waals surface area (Å²) in [7, 11) is 0. The first-order chi connectivity index (χ1) is 14.5. The third-order valence-corrected chi connectivity index (χ3v) is 5.77. The Balaban J connectivity index is 1.47. The molecule has 2 amide bonds.